The SMILES string of the molecule is CCc1ccc(C[C@]2(C)Cc3cc(C(=O)N(CCC(=O)O)Cc4cccc(F)c4)ccc3O2)cc1. The van der Waals surface area contributed by atoms with Gasteiger partial charge in [-0.3, -0.25) is 9.59 Å². The van der Waals surface area contributed by atoms with Crippen LogP contribution in [0.25, 0.3) is 0 Å². The minimum absolute atomic E-state index is 0.0315. The molecule has 4 rings (SSSR count). The van der Waals surface area contributed by atoms with Crippen molar-refractivity contribution in [1.29, 1.82) is 0 Å². The number of hydrogen-bond donors (Lipinski definition) is 1. The van der Waals surface area contributed by atoms with Gasteiger partial charge in [-0.05, 0) is 65.9 Å². The average Bonchev–Trinajstić information content (AvgIpc) is 3.16. The molecule has 1 N–H and O–H groups in total. The topological polar surface area (TPSA) is 66.8 Å². The number of benzene rings is 3. The van der Waals surface area contributed by atoms with E-state index in [9.17, 15) is 14.0 Å². The number of nitrogens with zero attached hydrogens (tertiary/aromatic N) is 1. The first-order chi connectivity index (χ1) is 16.7. The maximum absolute atomic E-state index is 13.7. The Morgan fingerprint density at radius 2 is 1.77 bits per heavy atom. The second-order valence-corrected chi connectivity index (χ2v) is 9.40. The van der Waals surface area contributed by atoms with Gasteiger partial charge in [-0.15, -0.1) is 0 Å². The molecule has 0 radical (unpaired) electrons. The fraction of sp³-hybridized carbons (Fsp3) is 0.310. The largest absolute Gasteiger partial charge is 0.487 e. The van der Waals surface area contributed by atoms with Crippen LogP contribution in [0.2, 0.25) is 0 Å². The number of aliphatic carboxylic acids is 1. The van der Waals surface area contributed by atoms with E-state index in [2.05, 4.69) is 38.1 Å². The van der Waals surface area contributed by atoms with Crippen molar-refractivity contribution in [3.8, 4) is 5.75 Å². The molecule has 0 unspecified atom stereocenters. The van der Waals surface area contributed by atoms with Crippen molar-refractivity contribution >= 4 is 11.9 Å². The van der Waals surface area contributed by atoms with Crippen LogP contribution < -0.4 is 4.74 Å². The van der Waals surface area contributed by atoms with Crippen LogP contribution in [0.4, 0.5) is 4.39 Å². The lowest BCUT2D eigenvalue weighted by Crippen LogP contribution is -2.33. The van der Waals surface area contributed by atoms with E-state index in [-0.39, 0.29) is 25.4 Å². The number of rotatable bonds is 9. The third-order valence-corrected chi connectivity index (χ3v) is 6.38. The second kappa shape index (κ2) is 10.3. The summed E-state index contributed by atoms with van der Waals surface area (Å²) in [6.07, 6.45) is 2.22. The number of carbonyl (C=O) groups is 2. The number of hydrogen-bond acceptors (Lipinski definition) is 3. The molecule has 0 spiro atoms. The highest BCUT2D eigenvalue weighted by Gasteiger charge is 2.35. The van der Waals surface area contributed by atoms with Crippen molar-refractivity contribution < 1.29 is 23.8 Å². The lowest BCUT2D eigenvalue weighted by Gasteiger charge is -2.24. The van der Waals surface area contributed by atoms with Crippen molar-refractivity contribution in [2.45, 2.75) is 51.7 Å². The summed E-state index contributed by atoms with van der Waals surface area (Å²) in [5, 5.41) is 9.15. The van der Waals surface area contributed by atoms with E-state index in [0.29, 0.717) is 17.5 Å². The Balaban J connectivity index is 1.51. The molecule has 1 atom stereocenters. The quantitative estimate of drug-likeness (QED) is 0.447. The van der Waals surface area contributed by atoms with Crippen LogP contribution in [0, 0.1) is 5.82 Å². The Labute approximate surface area is 205 Å². The number of carboxylic acids is 1. The van der Waals surface area contributed by atoms with Gasteiger partial charge in [-0.25, -0.2) is 4.39 Å². The number of halogens is 1. The molecule has 35 heavy (non-hydrogen) atoms. The van der Waals surface area contributed by atoms with Gasteiger partial charge in [0.1, 0.15) is 17.2 Å². The van der Waals surface area contributed by atoms with Crippen molar-refractivity contribution in [1.82, 2.24) is 4.90 Å². The van der Waals surface area contributed by atoms with Crippen molar-refractivity contribution in [3.05, 3.63) is 100 Å². The van der Waals surface area contributed by atoms with Gasteiger partial charge in [-0.2, -0.15) is 0 Å². The summed E-state index contributed by atoms with van der Waals surface area (Å²) >= 11 is 0. The maximum Gasteiger partial charge on any atom is 0.305 e. The van der Waals surface area contributed by atoms with E-state index < -0.39 is 17.4 Å². The second-order valence-electron chi connectivity index (χ2n) is 9.40. The summed E-state index contributed by atoms with van der Waals surface area (Å²) < 4.78 is 20.0. The maximum atomic E-state index is 13.7. The van der Waals surface area contributed by atoms with Crippen LogP contribution in [0.3, 0.4) is 0 Å². The molecule has 0 saturated heterocycles. The molecule has 3 aromatic rings. The van der Waals surface area contributed by atoms with Gasteiger partial charge in [0.15, 0.2) is 0 Å². The van der Waals surface area contributed by atoms with E-state index in [1.165, 1.54) is 28.2 Å². The van der Waals surface area contributed by atoms with Crippen LogP contribution >= 0.6 is 0 Å². The molecule has 3 aromatic carbocycles. The first-order valence-electron chi connectivity index (χ1n) is 11.9. The third kappa shape index (κ3) is 6.07. The highest BCUT2D eigenvalue weighted by atomic mass is 19.1. The van der Waals surface area contributed by atoms with Gasteiger partial charge in [0.2, 0.25) is 0 Å². The van der Waals surface area contributed by atoms with Gasteiger partial charge < -0.3 is 14.7 Å². The molecular weight excluding hydrogens is 445 g/mol. The summed E-state index contributed by atoms with van der Waals surface area (Å²) in [5.74, 6) is -0.919. The standard InChI is InChI=1S/C29H30FNO4/c1-3-20-7-9-21(10-8-20)17-29(2)18-24-16-23(11-12-26(24)35-29)28(34)31(14-13-27(32)33)19-22-5-4-6-25(30)15-22/h4-12,15-16H,3,13-14,17-19H2,1-2H3,(H,32,33)/t29-/m1/s1. The van der Waals surface area contributed by atoms with Crippen molar-refractivity contribution in [2.24, 2.45) is 0 Å². The molecule has 6 heteroatoms. The number of carbonyl (C=O) groups excluding carboxylic acids is 1. The molecule has 1 aliphatic rings. The zero-order valence-corrected chi connectivity index (χ0v) is 20.1. The molecule has 1 heterocycles. The number of ether oxygens (including phenoxy) is 1. The summed E-state index contributed by atoms with van der Waals surface area (Å²) in [6, 6.07) is 19.9. The predicted octanol–water partition coefficient (Wildman–Crippen LogP) is 5.44. The molecule has 1 aliphatic heterocycles. The van der Waals surface area contributed by atoms with Crippen LogP contribution in [0.1, 0.15) is 52.9 Å². The monoisotopic (exact) mass is 475 g/mol. The number of amides is 1. The van der Waals surface area contributed by atoms with Crippen LogP contribution in [0.15, 0.2) is 66.7 Å². The molecule has 0 saturated carbocycles. The summed E-state index contributed by atoms with van der Waals surface area (Å²) in [5.41, 5.74) is 4.10. The highest BCUT2D eigenvalue weighted by molar-refractivity contribution is 5.95. The average molecular weight is 476 g/mol. The Morgan fingerprint density at radius 1 is 1.03 bits per heavy atom. The Morgan fingerprint density at radius 3 is 2.46 bits per heavy atom. The minimum Gasteiger partial charge on any atom is -0.487 e. The molecule has 182 valence electrons. The Hall–Kier alpha value is -3.67. The van der Waals surface area contributed by atoms with Crippen molar-refractivity contribution in [3.63, 3.8) is 0 Å². The smallest absolute Gasteiger partial charge is 0.305 e. The van der Waals surface area contributed by atoms with Crippen molar-refractivity contribution in [2.75, 3.05) is 6.54 Å². The Kier molecular flexibility index (Phi) is 7.20. The lowest BCUT2D eigenvalue weighted by molar-refractivity contribution is -0.137. The van der Waals surface area contributed by atoms with Crippen LogP contribution in [-0.4, -0.2) is 34.0 Å². The fourth-order valence-electron chi connectivity index (χ4n) is 4.60. The van der Waals surface area contributed by atoms with Gasteiger partial charge in [0.05, 0.1) is 6.42 Å². The number of carboxylic acid groups (broad SMARTS) is 1. The minimum atomic E-state index is -0.993. The summed E-state index contributed by atoms with van der Waals surface area (Å²) in [6.45, 7) is 4.37. The zero-order valence-electron chi connectivity index (χ0n) is 20.1. The first-order valence-corrected chi connectivity index (χ1v) is 11.9. The molecule has 0 fully saturated rings. The molecule has 1 amide bonds. The predicted molar refractivity (Wildman–Crippen MR) is 132 cm³/mol. The summed E-state index contributed by atoms with van der Waals surface area (Å²) in [4.78, 5) is 26.0. The van der Waals surface area contributed by atoms with Gasteiger partial charge >= 0.3 is 5.97 Å². The fourth-order valence-corrected chi connectivity index (χ4v) is 4.60. The van der Waals surface area contributed by atoms with Gasteiger partial charge in [0, 0.05) is 31.5 Å². The summed E-state index contributed by atoms with van der Waals surface area (Å²) in [7, 11) is 0. The van der Waals surface area contributed by atoms with Crippen LogP contribution in [-0.2, 0) is 30.6 Å². The highest BCUT2D eigenvalue weighted by Crippen LogP contribution is 2.37. The lowest BCUT2D eigenvalue weighted by atomic mass is 9.91. The van der Waals surface area contributed by atoms with E-state index >= 15 is 0 Å². The van der Waals surface area contributed by atoms with E-state index in [4.69, 9.17) is 9.84 Å². The van der Waals surface area contributed by atoms with Gasteiger partial charge in [0.25, 0.3) is 5.91 Å². The van der Waals surface area contributed by atoms with E-state index in [0.717, 1.165) is 24.2 Å². The molecule has 0 bridgehead atoms. The molecule has 0 aliphatic carbocycles. The molecule has 5 nitrogen and oxygen atoms in total. The normalized spacial score (nSPS) is 16.4. The van der Waals surface area contributed by atoms with E-state index in [1.807, 2.05) is 12.1 Å². The third-order valence-electron chi connectivity index (χ3n) is 6.38. The number of aryl methyl sites for hydroxylation is 1. The van der Waals surface area contributed by atoms with E-state index in [1.54, 1.807) is 18.2 Å². The Bertz CT molecular complexity index is 1220. The molecule has 0 aromatic heterocycles. The van der Waals surface area contributed by atoms with Gasteiger partial charge in [-0.1, -0.05) is 43.3 Å². The van der Waals surface area contributed by atoms with Crippen LogP contribution in [0.5, 0.6) is 5.75 Å². The molecular formula is C29H30FNO4. The first kappa shape index (κ1) is 24.5. The zero-order chi connectivity index (χ0) is 25.0. The number of fused-ring (bicyclic) bond motifs is 1.